The van der Waals surface area contributed by atoms with E-state index in [4.69, 9.17) is 5.11 Å². The van der Waals surface area contributed by atoms with Crippen molar-refractivity contribution >= 4 is 33.3 Å². The van der Waals surface area contributed by atoms with Crippen molar-refractivity contribution in [3.63, 3.8) is 0 Å². The van der Waals surface area contributed by atoms with Gasteiger partial charge in [0.05, 0.1) is 4.88 Å². The zero-order valence-electron chi connectivity index (χ0n) is 10.9. The van der Waals surface area contributed by atoms with Crippen LogP contribution in [0.2, 0.25) is 0 Å². The second kappa shape index (κ2) is 6.00. The van der Waals surface area contributed by atoms with E-state index in [2.05, 4.69) is 0 Å². The average Bonchev–Trinajstić information content (AvgIpc) is 2.79. The monoisotopic (exact) mass is 295 g/mol. The standard InChI is InChI=1S/C14H14FNO3S/c1-2-5-16(8-13(17)18)14(19)12-7-9-6-10(15)3-4-11(9)20-12/h3-4,6-7H,2,5,8H2,1H3,(H,17,18). The minimum Gasteiger partial charge on any atom is -0.480 e. The van der Waals surface area contributed by atoms with Gasteiger partial charge in [0.1, 0.15) is 12.4 Å². The molecule has 2 aromatic rings. The Morgan fingerprint density at radius 2 is 2.10 bits per heavy atom. The van der Waals surface area contributed by atoms with Gasteiger partial charge in [-0.05, 0) is 36.1 Å². The number of carbonyl (C=O) groups excluding carboxylic acids is 1. The van der Waals surface area contributed by atoms with Gasteiger partial charge in [-0.2, -0.15) is 0 Å². The van der Waals surface area contributed by atoms with Crippen molar-refractivity contribution in [2.24, 2.45) is 0 Å². The number of benzene rings is 1. The Morgan fingerprint density at radius 3 is 2.75 bits per heavy atom. The zero-order valence-corrected chi connectivity index (χ0v) is 11.7. The van der Waals surface area contributed by atoms with Crippen LogP contribution in [-0.2, 0) is 4.79 Å². The fourth-order valence-electron chi connectivity index (χ4n) is 1.96. The van der Waals surface area contributed by atoms with Crippen LogP contribution in [0.5, 0.6) is 0 Å². The van der Waals surface area contributed by atoms with E-state index >= 15 is 0 Å². The molecule has 106 valence electrons. The number of halogens is 1. The summed E-state index contributed by atoms with van der Waals surface area (Å²) in [5.41, 5.74) is 0. The predicted octanol–water partition coefficient (Wildman–Crippen LogP) is 2.98. The second-order valence-corrected chi connectivity index (χ2v) is 5.50. The number of nitrogens with zero attached hydrogens (tertiary/aromatic N) is 1. The predicted molar refractivity (Wildman–Crippen MR) is 75.6 cm³/mol. The highest BCUT2D eigenvalue weighted by molar-refractivity contribution is 7.20. The van der Waals surface area contributed by atoms with Crippen LogP contribution in [0, 0.1) is 5.82 Å². The number of fused-ring (bicyclic) bond motifs is 1. The van der Waals surface area contributed by atoms with Crippen molar-refractivity contribution in [3.05, 3.63) is 35.0 Å². The highest BCUT2D eigenvalue weighted by Crippen LogP contribution is 2.27. The first-order chi connectivity index (χ1) is 9.51. The van der Waals surface area contributed by atoms with Crippen molar-refractivity contribution in [2.75, 3.05) is 13.1 Å². The van der Waals surface area contributed by atoms with Crippen LogP contribution in [0.15, 0.2) is 24.3 Å². The van der Waals surface area contributed by atoms with Crippen LogP contribution < -0.4 is 0 Å². The number of carboxylic acids is 1. The first-order valence-corrected chi connectivity index (χ1v) is 7.03. The van der Waals surface area contributed by atoms with Crippen molar-refractivity contribution in [1.29, 1.82) is 0 Å². The summed E-state index contributed by atoms with van der Waals surface area (Å²) in [5.74, 6) is -1.72. The summed E-state index contributed by atoms with van der Waals surface area (Å²) in [4.78, 5) is 24.8. The Bertz CT molecular complexity index is 653. The normalized spacial score (nSPS) is 10.7. The molecule has 20 heavy (non-hydrogen) atoms. The average molecular weight is 295 g/mol. The number of carboxylic acid groups (broad SMARTS) is 1. The number of carbonyl (C=O) groups is 2. The molecule has 1 amide bonds. The van der Waals surface area contributed by atoms with E-state index < -0.39 is 5.97 Å². The summed E-state index contributed by atoms with van der Waals surface area (Å²) in [7, 11) is 0. The van der Waals surface area contributed by atoms with Gasteiger partial charge in [-0.25, -0.2) is 4.39 Å². The summed E-state index contributed by atoms with van der Waals surface area (Å²) >= 11 is 1.24. The smallest absolute Gasteiger partial charge is 0.323 e. The van der Waals surface area contributed by atoms with Crippen LogP contribution >= 0.6 is 11.3 Å². The highest BCUT2D eigenvalue weighted by atomic mass is 32.1. The van der Waals surface area contributed by atoms with Gasteiger partial charge in [0.2, 0.25) is 0 Å². The lowest BCUT2D eigenvalue weighted by atomic mass is 10.2. The molecule has 0 saturated carbocycles. The third-order valence-corrected chi connectivity index (χ3v) is 3.90. The van der Waals surface area contributed by atoms with Crippen molar-refractivity contribution < 1.29 is 19.1 Å². The number of thiophene rings is 1. The molecule has 0 aliphatic carbocycles. The fraction of sp³-hybridized carbons (Fsp3) is 0.286. The molecule has 1 aromatic carbocycles. The molecule has 2 rings (SSSR count). The van der Waals surface area contributed by atoms with Crippen LogP contribution in [0.1, 0.15) is 23.0 Å². The van der Waals surface area contributed by atoms with E-state index in [1.165, 1.54) is 28.4 Å². The first-order valence-electron chi connectivity index (χ1n) is 6.21. The molecule has 1 aromatic heterocycles. The largest absolute Gasteiger partial charge is 0.480 e. The Labute approximate surface area is 119 Å². The fourth-order valence-corrected chi connectivity index (χ4v) is 2.97. The number of hydrogen-bond acceptors (Lipinski definition) is 3. The molecule has 0 saturated heterocycles. The van der Waals surface area contributed by atoms with Gasteiger partial charge in [-0.1, -0.05) is 6.92 Å². The Kier molecular flexibility index (Phi) is 4.34. The van der Waals surface area contributed by atoms with Gasteiger partial charge in [0, 0.05) is 11.2 Å². The van der Waals surface area contributed by atoms with Crippen molar-refractivity contribution in [2.45, 2.75) is 13.3 Å². The maximum Gasteiger partial charge on any atom is 0.323 e. The Hall–Kier alpha value is -1.95. The maximum absolute atomic E-state index is 13.1. The van der Waals surface area contributed by atoms with E-state index in [1.54, 1.807) is 12.1 Å². The van der Waals surface area contributed by atoms with Crippen LogP contribution in [0.4, 0.5) is 4.39 Å². The van der Waals surface area contributed by atoms with E-state index in [9.17, 15) is 14.0 Å². The number of aliphatic carboxylic acids is 1. The molecule has 1 heterocycles. The number of amides is 1. The quantitative estimate of drug-likeness (QED) is 0.922. The summed E-state index contributed by atoms with van der Waals surface area (Å²) in [6, 6.07) is 5.93. The molecule has 0 radical (unpaired) electrons. The topological polar surface area (TPSA) is 57.6 Å². The molecule has 0 fully saturated rings. The summed E-state index contributed by atoms with van der Waals surface area (Å²) in [5, 5.41) is 9.50. The first kappa shape index (κ1) is 14.5. The van der Waals surface area contributed by atoms with Crippen LogP contribution in [0.3, 0.4) is 0 Å². The SMILES string of the molecule is CCCN(CC(=O)O)C(=O)c1cc2cc(F)ccc2s1. The van der Waals surface area contributed by atoms with Crippen molar-refractivity contribution in [1.82, 2.24) is 4.90 Å². The third-order valence-electron chi connectivity index (χ3n) is 2.80. The summed E-state index contributed by atoms with van der Waals surface area (Å²) in [6.07, 6.45) is 0.679. The van der Waals surface area contributed by atoms with Gasteiger partial charge >= 0.3 is 5.97 Å². The third kappa shape index (κ3) is 3.14. The summed E-state index contributed by atoms with van der Waals surface area (Å²) in [6.45, 7) is 1.94. The molecule has 0 spiro atoms. The van der Waals surface area contributed by atoms with Crippen LogP contribution in [-0.4, -0.2) is 35.0 Å². The molecule has 1 N–H and O–H groups in total. The van der Waals surface area contributed by atoms with Gasteiger partial charge in [-0.3, -0.25) is 9.59 Å². The molecule has 4 nitrogen and oxygen atoms in total. The lowest BCUT2D eigenvalue weighted by molar-refractivity contribution is -0.137. The zero-order chi connectivity index (χ0) is 14.7. The lowest BCUT2D eigenvalue weighted by Crippen LogP contribution is -2.35. The maximum atomic E-state index is 13.1. The van der Waals surface area contributed by atoms with E-state index in [1.807, 2.05) is 6.92 Å². The molecule has 0 atom stereocenters. The highest BCUT2D eigenvalue weighted by Gasteiger charge is 2.19. The molecule has 0 aliphatic heterocycles. The molecule has 0 bridgehead atoms. The minimum atomic E-state index is -1.04. The van der Waals surface area contributed by atoms with Gasteiger partial charge < -0.3 is 10.0 Å². The summed E-state index contributed by atoms with van der Waals surface area (Å²) < 4.78 is 13.9. The second-order valence-electron chi connectivity index (χ2n) is 4.41. The molecule has 0 unspecified atom stereocenters. The molecule has 0 aliphatic rings. The van der Waals surface area contributed by atoms with Gasteiger partial charge in [-0.15, -0.1) is 11.3 Å². The molecular weight excluding hydrogens is 281 g/mol. The van der Waals surface area contributed by atoms with Gasteiger partial charge in [0.25, 0.3) is 5.91 Å². The minimum absolute atomic E-state index is 0.323. The molecule has 6 heteroatoms. The molecular formula is C14H14FNO3S. The van der Waals surface area contributed by atoms with E-state index in [-0.39, 0.29) is 18.3 Å². The van der Waals surface area contributed by atoms with Crippen LogP contribution in [0.25, 0.3) is 10.1 Å². The Morgan fingerprint density at radius 1 is 1.35 bits per heavy atom. The van der Waals surface area contributed by atoms with Gasteiger partial charge in [0.15, 0.2) is 0 Å². The lowest BCUT2D eigenvalue weighted by Gasteiger charge is -2.18. The van der Waals surface area contributed by atoms with Crippen molar-refractivity contribution in [3.8, 4) is 0 Å². The number of rotatable bonds is 5. The van der Waals surface area contributed by atoms with E-state index in [0.717, 1.165) is 4.70 Å². The Balaban J connectivity index is 2.30. The number of hydrogen-bond donors (Lipinski definition) is 1. The van der Waals surface area contributed by atoms with E-state index in [0.29, 0.717) is 23.2 Å².